The summed E-state index contributed by atoms with van der Waals surface area (Å²) in [7, 11) is 3.02. The second-order valence-electron chi connectivity index (χ2n) is 20.5. The number of carbonyl (C=O) groups is 2. The number of nitrogens with one attached hydrogen (secondary N) is 1. The molecule has 82 heavy (non-hydrogen) atoms. The van der Waals surface area contributed by atoms with Crippen LogP contribution < -0.4 is 24.3 Å². The number of nitro groups is 1. The molecule has 1 fully saturated rings. The lowest BCUT2D eigenvalue weighted by Gasteiger charge is -2.59. The van der Waals surface area contributed by atoms with E-state index in [9.17, 15) is 25.1 Å². The highest BCUT2D eigenvalue weighted by molar-refractivity contribution is 6.03. The van der Waals surface area contributed by atoms with Crippen LogP contribution in [0.3, 0.4) is 0 Å². The Morgan fingerprint density at radius 3 is 2.34 bits per heavy atom. The Kier molecular flexibility index (Phi) is 19.9. The van der Waals surface area contributed by atoms with Crippen molar-refractivity contribution in [3.05, 3.63) is 190 Å². The zero-order chi connectivity index (χ0) is 57.4. The summed E-state index contributed by atoms with van der Waals surface area (Å²) in [5.41, 5.74) is 4.72. The molecule has 6 aromatic rings. The second kappa shape index (κ2) is 27.9. The molecule has 3 N–H and O–H groups in total. The number of nitrogens with zero attached hydrogens (tertiary/aromatic N) is 3. The molecule has 1 heterocycles. The molecular weight excluding hydrogens is 1050 g/mol. The smallest absolute Gasteiger partial charge is 0.417 e. The molecule has 0 radical (unpaired) electrons. The van der Waals surface area contributed by atoms with Crippen LogP contribution in [0.25, 0.3) is 10.8 Å². The number of oxime groups is 1. The number of anilines is 1. The van der Waals surface area contributed by atoms with E-state index in [2.05, 4.69) is 18.0 Å². The Morgan fingerprint density at radius 2 is 1.59 bits per heavy atom. The van der Waals surface area contributed by atoms with E-state index in [1.807, 2.05) is 78.9 Å². The number of nitro benzene ring substituents is 1. The van der Waals surface area contributed by atoms with Crippen molar-refractivity contribution in [2.45, 2.75) is 82.5 Å². The number of fused-ring (bicyclic) bond motifs is 3. The van der Waals surface area contributed by atoms with Crippen LogP contribution in [0.2, 0.25) is 0 Å². The molecule has 1 aliphatic heterocycles. The number of hydrogen-bond acceptors (Lipinski definition) is 15. The standard InChI is InChI=1S/C64H70N4O14/c1-4-33-79-64-59(67(40-47-20-14-19-45-17-8-9-21-51(45)47)63(72)78-35-34-77-41-43-15-6-5-7-16-43)39-56(66-80-42-44-23-25-48(26-24-44)68(73)74)53-36-46(18-10-12-31-69)52(22-11-13-32-70)60(61(53)64)54-37-50(28-30-57(54)82-64)81-62(71)65-55-29-27-49(75-2)38-58(55)76-3/h4-9,14-17,19-21,23-30,36-38,46,52,59-61,69-70H,1,10-13,18,22,31-35,39-42H2,2-3H3,(H,65,71). The van der Waals surface area contributed by atoms with E-state index in [0.717, 1.165) is 27.5 Å². The fraction of sp³-hybridized carbons (Fsp3) is 0.359. The zero-order valence-electron chi connectivity index (χ0n) is 46.2. The largest absolute Gasteiger partial charge is 0.497 e. The van der Waals surface area contributed by atoms with Crippen molar-refractivity contribution in [2.24, 2.45) is 22.9 Å². The maximum Gasteiger partial charge on any atom is 0.417 e. The molecule has 3 aliphatic rings. The average molecular weight is 1120 g/mol. The van der Waals surface area contributed by atoms with Gasteiger partial charge in [-0.3, -0.25) is 20.3 Å². The van der Waals surface area contributed by atoms with Gasteiger partial charge in [0.2, 0.25) is 5.79 Å². The van der Waals surface area contributed by atoms with Crippen molar-refractivity contribution in [1.82, 2.24) is 4.90 Å². The number of methoxy groups -OCH3 is 2. The first kappa shape index (κ1) is 58.4. The molecule has 9 rings (SSSR count). The average Bonchev–Trinajstić information content (AvgIpc) is 3.60. The first-order valence-electron chi connectivity index (χ1n) is 27.7. The van der Waals surface area contributed by atoms with Gasteiger partial charge >= 0.3 is 12.2 Å². The van der Waals surface area contributed by atoms with Crippen molar-refractivity contribution in [3.63, 3.8) is 0 Å². The fourth-order valence-electron chi connectivity index (χ4n) is 11.7. The van der Waals surface area contributed by atoms with Crippen LogP contribution in [0.15, 0.2) is 163 Å². The number of carbonyl (C=O) groups excluding carboxylic acids is 2. The van der Waals surface area contributed by atoms with Crippen LogP contribution in [0.1, 0.15) is 73.1 Å². The summed E-state index contributed by atoms with van der Waals surface area (Å²) < 4.78 is 44.0. The summed E-state index contributed by atoms with van der Waals surface area (Å²) in [6.45, 7) is 4.45. The minimum Gasteiger partial charge on any atom is -0.497 e. The van der Waals surface area contributed by atoms with E-state index in [-0.39, 0.29) is 75.9 Å². The number of unbranched alkanes of at least 4 members (excludes halogenated alkanes) is 2. The number of aliphatic hydroxyl groups is 2. The molecule has 2 aliphatic carbocycles. The Balaban J connectivity index is 1.19. The Labute approximate surface area is 477 Å². The van der Waals surface area contributed by atoms with Gasteiger partial charge in [0.15, 0.2) is 0 Å². The van der Waals surface area contributed by atoms with Crippen molar-refractivity contribution in [1.29, 1.82) is 0 Å². The number of benzene rings is 6. The van der Waals surface area contributed by atoms with Crippen LogP contribution in [0.4, 0.5) is 21.0 Å². The fourth-order valence-corrected chi connectivity index (χ4v) is 11.7. The predicted octanol–water partition coefficient (Wildman–Crippen LogP) is 12.1. The molecule has 6 unspecified atom stereocenters. The molecule has 18 heteroatoms. The number of allylic oxidation sites excluding steroid dienone is 1. The Hall–Kier alpha value is -8.29. The number of non-ortho nitro benzene ring substituents is 1. The van der Waals surface area contributed by atoms with Gasteiger partial charge in [-0.2, -0.15) is 0 Å². The number of hydrogen-bond donors (Lipinski definition) is 3. The number of rotatable bonds is 27. The molecule has 1 saturated carbocycles. The third kappa shape index (κ3) is 13.5. The van der Waals surface area contributed by atoms with E-state index in [1.165, 1.54) is 26.4 Å². The van der Waals surface area contributed by atoms with Gasteiger partial charge in [-0.1, -0.05) is 103 Å². The lowest BCUT2D eigenvalue weighted by Crippen LogP contribution is -2.70. The normalized spacial score (nSPS) is 20.1. The van der Waals surface area contributed by atoms with Crippen molar-refractivity contribution < 1.29 is 62.7 Å². The molecule has 6 aromatic carbocycles. The lowest BCUT2D eigenvalue weighted by molar-refractivity contribution is -0.384. The molecule has 18 nitrogen and oxygen atoms in total. The van der Waals surface area contributed by atoms with Gasteiger partial charge in [-0.05, 0) is 113 Å². The minimum atomic E-state index is -1.68. The third-order valence-corrected chi connectivity index (χ3v) is 15.4. The highest BCUT2D eigenvalue weighted by Gasteiger charge is 2.66. The molecule has 430 valence electrons. The van der Waals surface area contributed by atoms with Gasteiger partial charge in [0.1, 0.15) is 42.3 Å². The summed E-state index contributed by atoms with van der Waals surface area (Å²) in [5.74, 6) is -1.63. The summed E-state index contributed by atoms with van der Waals surface area (Å²) in [4.78, 5) is 48.3. The van der Waals surface area contributed by atoms with Crippen molar-refractivity contribution >= 4 is 40.0 Å². The molecular formula is C64H70N4O14. The second-order valence-corrected chi connectivity index (χ2v) is 20.5. The van der Waals surface area contributed by atoms with Crippen LogP contribution in [-0.4, -0.2) is 97.0 Å². The van der Waals surface area contributed by atoms with Gasteiger partial charge < -0.3 is 48.2 Å². The van der Waals surface area contributed by atoms with Gasteiger partial charge in [0, 0.05) is 49.3 Å². The first-order valence-corrected chi connectivity index (χ1v) is 27.7. The van der Waals surface area contributed by atoms with E-state index < -0.39 is 40.8 Å². The topological polar surface area (TPSA) is 219 Å². The Morgan fingerprint density at radius 1 is 0.841 bits per heavy atom. The third-order valence-electron chi connectivity index (χ3n) is 15.4. The summed E-state index contributed by atoms with van der Waals surface area (Å²) in [5, 5.41) is 41.5. The molecule has 2 amide bonds. The highest BCUT2D eigenvalue weighted by Crippen LogP contribution is 2.62. The van der Waals surface area contributed by atoms with Crippen LogP contribution in [-0.2, 0) is 38.8 Å². The van der Waals surface area contributed by atoms with Crippen molar-refractivity contribution in [3.8, 4) is 23.0 Å². The number of ether oxygens (including phenoxy) is 7. The van der Waals surface area contributed by atoms with Gasteiger partial charge in [0.25, 0.3) is 5.69 Å². The SMILES string of the molecule is C=CCOC12Oc3ccc(OC(=O)Nc4ccc(OC)cc4OC)cc3C3C(CCCCO)C(CCCCO)C=C(C(=NOCc4ccc([N+](=O)[O-])cc4)CC1N(Cc1cccc4ccccc14)C(=O)OCCOCc1ccccc1)C32. The zero-order valence-corrected chi connectivity index (χ0v) is 46.2. The summed E-state index contributed by atoms with van der Waals surface area (Å²) >= 11 is 0. The predicted molar refractivity (Wildman–Crippen MR) is 309 cm³/mol. The maximum atomic E-state index is 15.4. The van der Waals surface area contributed by atoms with Crippen molar-refractivity contribution in [2.75, 3.05) is 52.6 Å². The highest BCUT2D eigenvalue weighted by atomic mass is 16.7. The van der Waals surface area contributed by atoms with Crippen LogP contribution in [0, 0.1) is 27.9 Å². The van der Waals surface area contributed by atoms with E-state index in [4.69, 9.17) is 43.2 Å². The number of aliphatic hydroxyl groups excluding tert-OH is 2. The van der Waals surface area contributed by atoms with Gasteiger partial charge in [-0.25, -0.2) is 9.59 Å². The number of amides is 2. The monoisotopic (exact) mass is 1120 g/mol. The van der Waals surface area contributed by atoms with Gasteiger partial charge in [0.05, 0.1) is 62.8 Å². The van der Waals surface area contributed by atoms with E-state index in [1.54, 1.807) is 53.4 Å². The van der Waals surface area contributed by atoms with E-state index in [0.29, 0.717) is 84.9 Å². The van der Waals surface area contributed by atoms with Gasteiger partial charge in [-0.15, -0.1) is 6.58 Å². The minimum absolute atomic E-state index is 0.00122. The summed E-state index contributed by atoms with van der Waals surface area (Å²) in [6.07, 6.45) is 6.27. The van der Waals surface area contributed by atoms with E-state index >= 15 is 4.79 Å². The lowest BCUT2D eigenvalue weighted by atomic mass is 9.55. The van der Waals surface area contributed by atoms with Crippen LogP contribution in [0.5, 0.6) is 23.0 Å². The Bertz CT molecular complexity index is 3220. The first-order chi connectivity index (χ1) is 40.1. The molecule has 0 saturated heterocycles. The summed E-state index contributed by atoms with van der Waals surface area (Å²) in [6, 6.07) is 38.9. The van der Waals surface area contributed by atoms with Crippen LogP contribution >= 0.6 is 0 Å². The molecule has 0 bridgehead atoms. The quantitative estimate of drug-likeness (QED) is 0.0189. The molecule has 0 spiro atoms. The molecule has 6 atom stereocenters. The molecule has 0 aromatic heterocycles. The maximum absolute atomic E-state index is 15.4.